The third-order valence-corrected chi connectivity index (χ3v) is 11.8. The van der Waals surface area contributed by atoms with Crippen LogP contribution < -0.4 is 0 Å². The number of benzene rings is 4. The zero-order valence-corrected chi connectivity index (χ0v) is 23.0. The van der Waals surface area contributed by atoms with Gasteiger partial charge in [-0.2, -0.15) is 0 Å². The SMILES string of the molecule is CC1(C)c2ccccc2-c2c(-c3ccc4c(c3)C3(c5cc(Cl)ccc5-4)C4CC5CC(C4)CC3C5)cccc21. The molecule has 4 fully saturated rings. The molecule has 0 aliphatic heterocycles. The predicted octanol–water partition coefficient (Wildman–Crippen LogP) is 10.0. The van der Waals surface area contributed by atoms with Crippen LogP contribution in [0.4, 0.5) is 0 Å². The van der Waals surface area contributed by atoms with Crippen molar-refractivity contribution < 1.29 is 0 Å². The maximum atomic E-state index is 6.73. The van der Waals surface area contributed by atoms with Crippen LogP contribution in [0.5, 0.6) is 0 Å². The molecule has 4 bridgehead atoms. The average molecular weight is 513 g/mol. The minimum absolute atomic E-state index is 0.0221. The van der Waals surface area contributed by atoms with Crippen LogP contribution in [0.3, 0.4) is 0 Å². The van der Waals surface area contributed by atoms with Gasteiger partial charge in [-0.05, 0) is 130 Å². The van der Waals surface area contributed by atoms with Crippen LogP contribution in [0.25, 0.3) is 33.4 Å². The van der Waals surface area contributed by atoms with Gasteiger partial charge >= 0.3 is 0 Å². The van der Waals surface area contributed by atoms with E-state index in [9.17, 15) is 0 Å². The first-order valence-corrected chi connectivity index (χ1v) is 15.0. The van der Waals surface area contributed by atoms with Crippen molar-refractivity contribution in [3.63, 3.8) is 0 Å². The van der Waals surface area contributed by atoms with Gasteiger partial charge in [0.15, 0.2) is 0 Å². The number of hydrogen-bond acceptors (Lipinski definition) is 0. The molecule has 4 aromatic rings. The molecule has 0 heterocycles. The summed E-state index contributed by atoms with van der Waals surface area (Å²) in [5.74, 6) is 3.37. The number of rotatable bonds is 1. The van der Waals surface area contributed by atoms with E-state index >= 15 is 0 Å². The van der Waals surface area contributed by atoms with Crippen molar-refractivity contribution in [1.82, 2.24) is 0 Å². The summed E-state index contributed by atoms with van der Waals surface area (Å²) < 4.78 is 0. The second kappa shape index (κ2) is 7.22. The van der Waals surface area contributed by atoms with E-state index in [4.69, 9.17) is 11.6 Å². The highest BCUT2D eigenvalue weighted by Crippen LogP contribution is 2.69. The molecule has 0 nitrogen and oxygen atoms in total. The Bertz CT molecular complexity index is 1640. The van der Waals surface area contributed by atoms with Gasteiger partial charge in [0.2, 0.25) is 0 Å². The van der Waals surface area contributed by atoms with Crippen LogP contribution >= 0.6 is 11.6 Å². The third kappa shape index (κ3) is 2.54. The molecule has 0 saturated heterocycles. The van der Waals surface area contributed by atoms with Gasteiger partial charge in [0, 0.05) is 15.9 Å². The van der Waals surface area contributed by atoms with Crippen molar-refractivity contribution in [2.45, 2.75) is 56.8 Å². The zero-order valence-electron chi connectivity index (χ0n) is 22.2. The lowest BCUT2D eigenvalue weighted by Crippen LogP contribution is -2.55. The number of halogens is 1. The molecule has 4 saturated carbocycles. The Labute approximate surface area is 231 Å². The molecule has 188 valence electrons. The average Bonchev–Trinajstić information content (AvgIpc) is 3.33. The van der Waals surface area contributed by atoms with E-state index < -0.39 is 0 Å². The van der Waals surface area contributed by atoms with Gasteiger partial charge in [0.05, 0.1) is 0 Å². The molecule has 38 heavy (non-hydrogen) atoms. The molecule has 1 spiro atoms. The van der Waals surface area contributed by atoms with Crippen molar-refractivity contribution in [2.24, 2.45) is 23.7 Å². The quantitative estimate of drug-likeness (QED) is 0.238. The van der Waals surface area contributed by atoms with Gasteiger partial charge in [0.1, 0.15) is 0 Å². The minimum atomic E-state index is 0.0221. The summed E-state index contributed by atoms with van der Waals surface area (Å²) >= 11 is 6.73. The summed E-state index contributed by atoms with van der Waals surface area (Å²) in [6.45, 7) is 4.77. The zero-order chi connectivity index (χ0) is 25.4. The standard InChI is InChI=1S/C37H33Cl/c1-36(2)31-8-4-3-6-30(31)35-27(7-5-9-32(35)36)23-10-12-28-29-13-11-26(38)20-34(29)37(33(28)19-23)24-15-21-14-22(17-24)18-25(37)16-21/h3-13,19-22,24-25H,14-18H2,1-2H3. The van der Waals surface area contributed by atoms with E-state index in [2.05, 4.69) is 92.7 Å². The lowest BCUT2D eigenvalue weighted by Gasteiger charge is -2.61. The predicted molar refractivity (Wildman–Crippen MR) is 158 cm³/mol. The van der Waals surface area contributed by atoms with Crippen LogP contribution in [0, 0.1) is 23.7 Å². The summed E-state index contributed by atoms with van der Waals surface area (Å²) in [6, 6.07) is 30.3. The maximum absolute atomic E-state index is 6.73. The fourth-order valence-electron chi connectivity index (χ4n) is 10.3. The van der Waals surface area contributed by atoms with Crippen molar-refractivity contribution in [2.75, 3.05) is 0 Å². The first-order valence-electron chi connectivity index (χ1n) is 14.6. The molecule has 0 N–H and O–H groups in total. The van der Waals surface area contributed by atoms with Crippen molar-refractivity contribution in [3.05, 3.63) is 106 Å². The van der Waals surface area contributed by atoms with Gasteiger partial charge in [-0.15, -0.1) is 0 Å². The largest absolute Gasteiger partial charge is 0.0843 e. The van der Waals surface area contributed by atoms with Crippen LogP contribution in [0.15, 0.2) is 78.9 Å². The highest BCUT2D eigenvalue weighted by molar-refractivity contribution is 6.30. The lowest BCUT2D eigenvalue weighted by molar-refractivity contribution is -0.0399. The van der Waals surface area contributed by atoms with E-state index in [-0.39, 0.29) is 10.8 Å². The van der Waals surface area contributed by atoms with E-state index in [1.165, 1.54) is 82.2 Å². The summed E-state index contributed by atoms with van der Waals surface area (Å²) in [7, 11) is 0. The molecule has 0 aromatic heterocycles. The molecular formula is C37H33Cl. The molecule has 6 aliphatic rings. The van der Waals surface area contributed by atoms with E-state index in [0.29, 0.717) is 0 Å². The van der Waals surface area contributed by atoms with Gasteiger partial charge < -0.3 is 0 Å². The van der Waals surface area contributed by atoms with E-state index in [1.807, 2.05) is 0 Å². The molecule has 0 atom stereocenters. The Balaban J connectivity index is 1.30. The van der Waals surface area contributed by atoms with Crippen molar-refractivity contribution >= 4 is 11.6 Å². The van der Waals surface area contributed by atoms with E-state index in [1.54, 1.807) is 5.56 Å². The summed E-state index contributed by atoms with van der Waals surface area (Å²) in [6.07, 6.45) is 7.05. The van der Waals surface area contributed by atoms with Crippen LogP contribution in [0.2, 0.25) is 5.02 Å². The van der Waals surface area contributed by atoms with Crippen LogP contribution in [0.1, 0.15) is 68.2 Å². The lowest BCUT2D eigenvalue weighted by atomic mass is 9.43. The van der Waals surface area contributed by atoms with Crippen LogP contribution in [-0.4, -0.2) is 0 Å². The Kier molecular flexibility index (Phi) is 4.19. The Morgan fingerprint density at radius 2 is 1.21 bits per heavy atom. The molecule has 0 unspecified atom stereocenters. The molecule has 6 aliphatic carbocycles. The highest BCUT2D eigenvalue weighted by atomic mass is 35.5. The van der Waals surface area contributed by atoms with E-state index in [0.717, 1.165) is 28.7 Å². The van der Waals surface area contributed by atoms with Crippen LogP contribution in [-0.2, 0) is 10.8 Å². The fraction of sp³-hybridized carbons (Fsp3) is 0.351. The maximum Gasteiger partial charge on any atom is 0.0409 e. The smallest absolute Gasteiger partial charge is 0.0409 e. The van der Waals surface area contributed by atoms with Gasteiger partial charge in [-0.25, -0.2) is 0 Å². The summed E-state index contributed by atoms with van der Waals surface area (Å²) in [5, 5.41) is 0.893. The summed E-state index contributed by atoms with van der Waals surface area (Å²) in [4.78, 5) is 0. The minimum Gasteiger partial charge on any atom is -0.0843 e. The van der Waals surface area contributed by atoms with Gasteiger partial charge in [-0.3, -0.25) is 0 Å². The molecule has 0 amide bonds. The third-order valence-electron chi connectivity index (χ3n) is 11.5. The molecule has 1 heteroatoms. The Morgan fingerprint density at radius 1 is 0.579 bits per heavy atom. The monoisotopic (exact) mass is 512 g/mol. The topological polar surface area (TPSA) is 0 Å². The van der Waals surface area contributed by atoms with Crippen molar-refractivity contribution in [3.8, 4) is 33.4 Å². The normalized spacial score (nSPS) is 30.3. The molecule has 4 aromatic carbocycles. The number of fused-ring (bicyclic) bond motifs is 6. The van der Waals surface area contributed by atoms with Crippen molar-refractivity contribution in [1.29, 1.82) is 0 Å². The molecule has 0 radical (unpaired) electrons. The second-order valence-electron chi connectivity index (χ2n) is 13.5. The van der Waals surface area contributed by atoms with Gasteiger partial charge in [0.25, 0.3) is 0 Å². The molecular weight excluding hydrogens is 480 g/mol. The Morgan fingerprint density at radius 3 is 1.97 bits per heavy atom. The highest BCUT2D eigenvalue weighted by Gasteiger charge is 2.61. The molecule has 10 rings (SSSR count). The first-order chi connectivity index (χ1) is 18.5. The number of hydrogen-bond donors (Lipinski definition) is 0. The fourth-order valence-corrected chi connectivity index (χ4v) is 10.5. The first kappa shape index (κ1) is 22.0. The second-order valence-corrected chi connectivity index (χ2v) is 14.0. The Hall–Kier alpha value is -2.83. The van der Waals surface area contributed by atoms with Gasteiger partial charge in [-0.1, -0.05) is 86.1 Å². The summed E-state index contributed by atoms with van der Waals surface area (Å²) in [5.41, 5.74) is 14.7.